The zero-order valence-electron chi connectivity index (χ0n) is 11.1. The molecule has 106 valence electrons. The number of methoxy groups -OCH3 is 1. The molecule has 0 saturated heterocycles. The molecule has 3 nitrogen and oxygen atoms in total. The van der Waals surface area contributed by atoms with E-state index in [2.05, 4.69) is 15.9 Å². The third-order valence-corrected chi connectivity index (χ3v) is 4.11. The fourth-order valence-corrected chi connectivity index (χ4v) is 2.88. The van der Waals surface area contributed by atoms with Crippen LogP contribution in [-0.4, -0.2) is 19.5 Å². The molecule has 0 fully saturated rings. The molecule has 20 heavy (non-hydrogen) atoms. The molecule has 2 aromatic rings. The maximum absolute atomic E-state index is 5.73. The molecule has 0 amide bonds. The first-order valence-electron chi connectivity index (χ1n) is 6.14. The van der Waals surface area contributed by atoms with Crippen molar-refractivity contribution in [3.8, 4) is 11.5 Å². The van der Waals surface area contributed by atoms with E-state index in [4.69, 9.17) is 15.2 Å². The van der Waals surface area contributed by atoms with E-state index < -0.39 is 0 Å². The molecule has 0 spiro atoms. The number of nitrogens with two attached hydrogens (primary N) is 1. The smallest absolute Gasteiger partial charge is 0.134 e. The molecule has 0 aromatic heterocycles. The highest BCUT2D eigenvalue weighted by molar-refractivity contribution is 9.10. The lowest BCUT2D eigenvalue weighted by atomic mass is 10.3. The quantitative estimate of drug-likeness (QED) is 0.479. The van der Waals surface area contributed by atoms with Crippen LogP contribution in [0.5, 0.6) is 11.5 Å². The number of benzene rings is 2. The Kier molecular flexibility index (Phi) is 5.61. The molecule has 2 N–H and O–H groups in total. The Hall–Kier alpha value is -1.33. The fourth-order valence-electron chi connectivity index (χ4n) is 1.67. The predicted molar refractivity (Wildman–Crippen MR) is 87.8 cm³/mol. The summed E-state index contributed by atoms with van der Waals surface area (Å²) in [6, 6.07) is 13.5. The summed E-state index contributed by atoms with van der Waals surface area (Å²) in [6.45, 7) is 0.634. The monoisotopic (exact) mass is 353 g/mol. The van der Waals surface area contributed by atoms with Crippen LogP contribution in [0.1, 0.15) is 0 Å². The molecule has 0 aliphatic rings. The second-order valence-corrected chi connectivity index (χ2v) is 6.12. The second kappa shape index (κ2) is 7.45. The summed E-state index contributed by atoms with van der Waals surface area (Å²) in [4.78, 5) is 1.07. The minimum atomic E-state index is 0.634. The van der Waals surface area contributed by atoms with E-state index >= 15 is 0 Å². The number of anilines is 1. The lowest BCUT2D eigenvalue weighted by molar-refractivity contribution is 0.343. The van der Waals surface area contributed by atoms with Crippen molar-refractivity contribution >= 4 is 33.4 Å². The lowest BCUT2D eigenvalue weighted by Gasteiger charge is -2.10. The Bertz CT molecular complexity index is 578. The molecule has 0 unspecified atom stereocenters. The Labute approximate surface area is 131 Å². The highest BCUT2D eigenvalue weighted by Gasteiger charge is 2.04. The van der Waals surface area contributed by atoms with Crippen molar-refractivity contribution in [2.24, 2.45) is 0 Å². The van der Waals surface area contributed by atoms with E-state index in [0.29, 0.717) is 12.3 Å². The highest BCUT2D eigenvalue weighted by atomic mass is 79.9. The normalized spacial score (nSPS) is 10.3. The van der Waals surface area contributed by atoms with Crippen LogP contribution in [0.3, 0.4) is 0 Å². The largest absolute Gasteiger partial charge is 0.496 e. The standard InChI is InChI=1S/C15H16BrNO2S/c1-18-14-10-12(17)5-6-15(14)20-8-7-19-13-4-2-3-11(16)9-13/h2-6,9-10H,7-8,17H2,1H3. The van der Waals surface area contributed by atoms with Gasteiger partial charge in [-0.3, -0.25) is 0 Å². The molecule has 2 rings (SSSR count). The van der Waals surface area contributed by atoms with E-state index in [1.165, 1.54) is 0 Å². The molecule has 0 heterocycles. The van der Waals surface area contributed by atoms with Crippen LogP contribution in [0.2, 0.25) is 0 Å². The van der Waals surface area contributed by atoms with Gasteiger partial charge in [0, 0.05) is 26.9 Å². The first-order valence-corrected chi connectivity index (χ1v) is 7.91. The Balaban J connectivity index is 1.84. The Morgan fingerprint density at radius 2 is 2.05 bits per heavy atom. The summed E-state index contributed by atoms with van der Waals surface area (Å²) in [5.74, 6) is 2.51. The minimum absolute atomic E-state index is 0.634. The van der Waals surface area contributed by atoms with Crippen LogP contribution >= 0.6 is 27.7 Å². The number of nitrogen functional groups attached to an aromatic ring is 1. The molecule has 5 heteroatoms. The van der Waals surface area contributed by atoms with Crippen molar-refractivity contribution < 1.29 is 9.47 Å². The van der Waals surface area contributed by atoms with Crippen molar-refractivity contribution in [3.05, 3.63) is 46.9 Å². The third-order valence-electron chi connectivity index (χ3n) is 2.59. The van der Waals surface area contributed by atoms with E-state index in [-0.39, 0.29) is 0 Å². The average Bonchev–Trinajstić information content (AvgIpc) is 2.45. The van der Waals surface area contributed by atoms with Gasteiger partial charge in [-0.05, 0) is 30.3 Å². The summed E-state index contributed by atoms with van der Waals surface area (Å²) in [5.41, 5.74) is 6.43. The zero-order chi connectivity index (χ0) is 14.4. The number of halogens is 1. The summed E-state index contributed by atoms with van der Waals surface area (Å²) >= 11 is 5.11. The first-order chi connectivity index (χ1) is 9.69. The fraction of sp³-hybridized carbons (Fsp3) is 0.200. The minimum Gasteiger partial charge on any atom is -0.496 e. The molecule has 0 aliphatic heterocycles. The van der Waals surface area contributed by atoms with Crippen LogP contribution in [0.15, 0.2) is 51.8 Å². The zero-order valence-corrected chi connectivity index (χ0v) is 13.5. The molecule has 2 aromatic carbocycles. The maximum atomic E-state index is 5.73. The molecular formula is C15H16BrNO2S. The number of hydrogen-bond acceptors (Lipinski definition) is 4. The van der Waals surface area contributed by atoms with Gasteiger partial charge >= 0.3 is 0 Å². The van der Waals surface area contributed by atoms with Gasteiger partial charge in [-0.2, -0.15) is 0 Å². The molecule has 0 saturated carbocycles. The average molecular weight is 354 g/mol. The predicted octanol–water partition coefficient (Wildman–Crippen LogP) is 4.21. The molecular weight excluding hydrogens is 338 g/mol. The van der Waals surface area contributed by atoms with Crippen LogP contribution in [0.25, 0.3) is 0 Å². The van der Waals surface area contributed by atoms with Gasteiger partial charge in [-0.15, -0.1) is 11.8 Å². The van der Waals surface area contributed by atoms with Crippen molar-refractivity contribution in [2.75, 3.05) is 25.2 Å². The Morgan fingerprint density at radius 3 is 2.80 bits per heavy atom. The summed E-state index contributed by atoms with van der Waals surface area (Å²) < 4.78 is 12.0. The van der Waals surface area contributed by atoms with E-state index in [1.54, 1.807) is 18.9 Å². The van der Waals surface area contributed by atoms with Crippen LogP contribution in [0.4, 0.5) is 5.69 Å². The van der Waals surface area contributed by atoms with E-state index in [1.807, 2.05) is 42.5 Å². The molecule has 0 radical (unpaired) electrons. The van der Waals surface area contributed by atoms with Crippen LogP contribution in [-0.2, 0) is 0 Å². The number of rotatable bonds is 6. The number of ether oxygens (including phenoxy) is 2. The maximum Gasteiger partial charge on any atom is 0.134 e. The summed E-state index contributed by atoms with van der Waals surface area (Å²) in [7, 11) is 1.65. The van der Waals surface area contributed by atoms with Crippen molar-refractivity contribution in [3.63, 3.8) is 0 Å². The van der Waals surface area contributed by atoms with Crippen LogP contribution < -0.4 is 15.2 Å². The molecule has 0 aliphatic carbocycles. The van der Waals surface area contributed by atoms with Gasteiger partial charge in [-0.1, -0.05) is 22.0 Å². The third kappa shape index (κ3) is 4.35. The lowest BCUT2D eigenvalue weighted by Crippen LogP contribution is -2.00. The number of thioether (sulfide) groups is 1. The van der Waals surface area contributed by atoms with Gasteiger partial charge in [0.1, 0.15) is 11.5 Å². The van der Waals surface area contributed by atoms with Crippen molar-refractivity contribution in [2.45, 2.75) is 4.90 Å². The summed E-state index contributed by atoms with van der Waals surface area (Å²) in [5, 5.41) is 0. The van der Waals surface area contributed by atoms with Crippen LogP contribution in [0, 0.1) is 0 Å². The highest BCUT2D eigenvalue weighted by Crippen LogP contribution is 2.30. The number of hydrogen-bond donors (Lipinski definition) is 1. The van der Waals surface area contributed by atoms with Crippen molar-refractivity contribution in [1.82, 2.24) is 0 Å². The van der Waals surface area contributed by atoms with Gasteiger partial charge in [-0.25, -0.2) is 0 Å². The van der Waals surface area contributed by atoms with Gasteiger partial charge in [0.05, 0.1) is 13.7 Å². The van der Waals surface area contributed by atoms with Crippen molar-refractivity contribution in [1.29, 1.82) is 0 Å². The molecule has 0 atom stereocenters. The van der Waals surface area contributed by atoms with Gasteiger partial charge in [0.25, 0.3) is 0 Å². The SMILES string of the molecule is COc1cc(N)ccc1SCCOc1cccc(Br)c1. The Morgan fingerprint density at radius 1 is 1.20 bits per heavy atom. The first kappa shape index (κ1) is 15.1. The van der Waals surface area contributed by atoms with Gasteiger partial charge in [0.2, 0.25) is 0 Å². The molecule has 0 bridgehead atoms. The van der Waals surface area contributed by atoms with E-state index in [0.717, 1.165) is 26.6 Å². The van der Waals surface area contributed by atoms with E-state index in [9.17, 15) is 0 Å². The summed E-state index contributed by atoms with van der Waals surface area (Å²) in [6.07, 6.45) is 0. The topological polar surface area (TPSA) is 44.5 Å². The second-order valence-electron chi connectivity index (χ2n) is 4.06. The van der Waals surface area contributed by atoms with Gasteiger partial charge in [0.15, 0.2) is 0 Å². The van der Waals surface area contributed by atoms with Gasteiger partial charge < -0.3 is 15.2 Å².